The van der Waals surface area contributed by atoms with Gasteiger partial charge in [-0.05, 0) is 69.1 Å². The molecule has 1 saturated carbocycles. The number of hydrogen-bond acceptors (Lipinski definition) is 3. The summed E-state index contributed by atoms with van der Waals surface area (Å²) >= 11 is 12.1. The second-order valence-corrected chi connectivity index (χ2v) is 9.47. The van der Waals surface area contributed by atoms with E-state index in [9.17, 15) is 4.79 Å². The van der Waals surface area contributed by atoms with Crippen LogP contribution in [-0.2, 0) is 0 Å². The standard InChI is InChI=1S/C19H27Cl2N3O.C7H5N/c20-15-12-16(21)14-17(13-15)22-19(25)24(18-6-2-1-3-7-18)11-10-23-8-4-5-9-23;8-6-7-4-2-1-3-5-7/h12-14,18H,1-11H2,(H,22,25);1-5H. The van der Waals surface area contributed by atoms with E-state index in [4.69, 9.17) is 28.5 Å². The molecule has 2 amide bonds. The maximum atomic E-state index is 12.9. The van der Waals surface area contributed by atoms with E-state index in [0.29, 0.717) is 27.3 Å². The minimum atomic E-state index is -0.0376. The quantitative estimate of drug-likeness (QED) is 0.504. The van der Waals surface area contributed by atoms with Crippen molar-refractivity contribution >= 4 is 34.9 Å². The normalized spacial score (nSPS) is 16.4. The Morgan fingerprint density at radius 2 is 1.64 bits per heavy atom. The van der Waals surface area contributed by atoms with Gasteiger partial charge in [-0.2, -0.15) is 5.26 Å². The van der Waals surface area contributed by atoms with E-state index >= 15 is 0 Å². The fourth-order valence-corrected chi connectivity index (χ4v) is 4.96. The fraction of sp³-hybridized carbons (Fsp3) is 0.462. The van der Waals surface area contributed by atoms with E-state index in [-0.39, 0.29) is 6.03 Å². The molecule has 0 unspecified atom stereocenters. The van der Waals surface area contributed by atoms with Gasteiger partial charge in [0.05, 0.1) is 11.6 Å². The van der Waals surface area contributed by atoms with E-state index in [2.05, 4.69) is 10.2 Å². The molecule has 0 bridgehead atoms. The Hall–Kier alpha value is -2.26. The minimum absolute atomic E-state index is 0.0376. The zero-order chi connectivity index (χ0) is 23.5. The molecule has 2 aromatic carbocycles. The molecular weight excluding hydrogens is 455 g/mol. The number of benzene rings is 2. The molecule has 7 heteroatoms. The van der Waals surface area contributed by atoms with Gasteiger partial charge in [-0.3, -0.25) is 0 Å². The Bertz CT molecular complexity index is 899. The highest BCUT2D eigenvalue weighted by Gasteiger charge is 2.26. The van der Waals surface area contributed by atoms with Crippen LogP contribution < -0.4 is 5.32 Å². The Balaban J connectivity index is 0.000000323. The van der Waals surface area contributed by atoms with Crippen LogP contribution in [0.1, 0.15) is 50.5 Å². The van der Waals surface area contributed by atoms with Gasteiger partial charge in [0.1, 0.15) is 0 Å². The Labute approximate surface area is 207 Å². The van der Waals surface area contributed by atoms with Gasteiger partial charge in [0.2, 0.25) is 0 Å². The number of urea groups is 1. The first-order chi connectivity index (χ1) is 16.0. The van der Waals surface area contributed by atoms with Crippen molar-refractivity contribution in [3.8, 4) is 6.07 Å². The van der Waals surface area contributed by atoms with Crippen molar-refractivity contribution in [1.82, 2.24) is 9.80 Å². The van der Waals surface area contributed by atoms with E-state index in [1.54, 1.807) is 30.3 Å². The number of nitriles is 1. The molecule has 0 radical (unpaired) electrons. The molecule has 0 spiro atoms. The topological polar surface area (TPSA) is 59.4 Å². The van der Waals surface area contributed by atoms with E-state index in [1.807, 2.05) is 29.2 Å². The number of nitrogens with one attached hydrogen (secondary N) is 1. The lowest BCUT2D eigenvalue weighted by Gasteiger charge is -2.35. The van der Waals surface area contributed by atoms with Gasteiger partial charge >= 0.3 is 6.03 Å². The van der Waals surface area contributed by atoms with Gasteiger partial charge in [-0.1, -0.05) is 60.7 Å². The van der Waals surface area contributed by atoms with Crippen molar-refractivity contribution in [3.63, 3.8) is 0 Å². The molecule has 1 aliphatic heterocycles. The first-order valence-electron chi connectivity index (χ1n) is 11.8. The summed E-state index contributed by atoms with van der Waals surface area (Å²) in [6, 6.07) is 16.6. The zero-order valence-corrected chi connectivity index (χ0v) is 20.5. The third-order valence-electron chi connectivity index (χ3n) is 6.15. The summed E-state index contributed by atoms with van der Waals surface area (Å²) in [5, 5.41) is 12.3. The first kappa shape index (κ1) is 25.4. The molecule has 4 rings (SSSR count). The van der Waals surface area contributed by atoms with Gasteiger partial charge in [-0.15, -0.1) is 0 Å². The van der Waals surface area contributed by atoms with Crippen LogP contribution in [0.2, 0.25) is 10.0 Å². The lowest BCUT2D eigenvalue weighted by Crippen LogP contribution is -2.47. The number of likely N-dealkylation sites (tertiary alicyclic amines) is 1. The Morgan fingerprint density at radius 3 is 2.21 bits per heavy atom. The van der Waals surface area contributed by atoms with E-state index in [1.165, 1.54) is 32.1 Å². The molecular formula is C26H32Cl2N4O. The number of halogens is 2. The molecule has 2 aliphatic rings. The van der Waals surface area contributed by atoms with Crippen LogP contribution in [0.15, 0.2) is 48.5 Å². The number of carbonyl (C=O) groups is 1. The molecule has 176 valence electrons. The summed E-state index contributed by atoms with van der Waals surface area (Å²) in [5.41, 5.74) is 1.37. The van der Waals surface area contributed by atoms with Crippen molar-refractivity contribution in [2.75, 3.05) is 31.5 Å². The van der Waals surface area contributed by atoms with Crippen molar-refractivity contribution < 1.29 is 4.79 Å². The molecule has 5 nitrogen and oxygen atoms in total. The highest BCUT2D eigenvalue weighted by molar-refractivity contribution is 6.35. The summed E-state index contributed by atoms with van der Waals surface area (Å²) in [5.74, 6) is 0. The molecule has 2 aromatic rings. The molecule has 1 N–H and O–H groups in total. The predicted molar refractivity (Wildman–Crippen MR) is 136 cm³/mol. The largest absolute Gasteiger partial charge is 0.322 e. The van der Waals surface area contributed by atoms with Crippen LogP contribution in [0.4, 0.5) is 10.5 Å². The lowest BCUT2D eigenvalue weighted by molar-refractivity contribution is 0.155. The average Bonchev–Trinajstić information content (AvgIpc) is 3.34. The number of carbonyl (C=O) groups excluding carboxylic acids is 1. The molecule has 1 heterocycles. The van der Waals surface area contributed by atoms with E-state index in [0.717, 1.165) is 39.0 Å². The average molecular weight is 487 g/mol. The summed E-state index contributed by atoms with van der Waals surface area (Å²) in [6.45, 7) is 4.05. The summed E-state index contributed by atoms with van der Waals surface area (Å²) in [6.07, 6.45) is 8.45. The maximum absolute atomic E-state index is 12.9. The van der Waals surface area contributed by atoms with Crippen molar-refractivity contribution in [1.29, 1.82) is 5.26 Å². The lowest BCUT2D eigenvalue weighted by atomic mass is 9.94. The number of rotatable bonds is 5. The third kappa shape index (κ3) is 8.55. The second kappa shape index (κ2) is 13.4. The summed E-state index contributed by atoms with van der Waals surface area (Å²) in [4.78, 5) is 17.4. The second-order valence-electron chi connectivity index (χ2n) is 8.60. The highest BCUT2D eigenvalue weighted by atomic mass is 35.5. The van der Waals surface area contributed by atoms with Gasteiger partial charge in [-0.25, -0.2) is 4.79 Å². The number of nitrogens with zero attached hydrogens (tertiary/aromatic N) is 3. The van der Waals surface area contributed by atoms with Crippen LogP contribution >= 0.6 is 23.2 Å². The monoisotopic (exact) mass is 486 g/mol. The summed E-state index contributed by atoms with van der Waals surface area (Å²) < 4.78 is 0. The first-order valence-corrected chi connectivity index (χ1v) is 12.5. The Kier molecular flexibility index (Phi) is 10.3. The van der Waals surface area contributed by atoms with Crippen LogP contribution in [0.5, 0.6) is 0 Å². The van der Waals surface area contributed by atoms with Crippen molar-refractivity contribution in [2.24, 2.45) is 0 Å². The maximum Gasteiger partial charge on any atom is 0.322 e. The van der Waals surface area contributed by atoms with Gasteiger partial charge in [0.25, 0.3) is 0 Å². The zero-order valence-electron chi connectivity index (χ0n) is 19.0. The van der Waals surface area contributed by atoms with Crippen LogP contribution in [0.25, 0.3) is 0 Å². The molecule has 0 atom stereocenters. The fourth-order valence-electron chi connectivity index (χ4n) is 4.43. The van der Waals surface area contributed by atoms with Crippen LogP contribution in [-0.4, -0.2) is 48.1 Å². The Morgan fingerprint density at radius 1 is 1.00 bits per heavy atom. The van der Waals surface area contributed by atoms with Crippen molar-refractivity contribution in [2.45, 2.75) is 51.0 Å². The minimum Gasteiger partial charge on any atom is -0.320 e. The smallest absolute Gasteiger partial charge is 0.320 e. The van der Waals surface area contributed by atoms with Gasteiger partial charge < -0.3 is 15.1 Å². The van der Waals surface area contributed by atoms with Crippen molar-refractivity contribution in [3.05, 3.63) is 64.1 Å². The van der Waals surface area contributed by atoms with Gasteiger partial charge in [0, 0.05) is 34.9 Å². The number of hydrogen-bond donors (Lipinski definition) is 1. The number of amides is 2. The molecule has 1 aliphatic carbocycles. The molecule has 2 fully saturated rings. The van der Waals surface area contributed by atoms with E-state index < -0.39 is 0 Å². The SMILES string of the molecule is N#Cc1ccccc1.O=C(Nc1cc(Cl)cc(Cl)c1)N(CCN1CCCC1)C1CCCCC1. The molecule has 0 aromatic heterocycles. The number of anilines is 1. The molecule has 33 heavy (non-hydrogen) atoms. The summed E-state index contributed by atoms with van der Waals surface area (Å²) in [7, 11) is 0. The molecule has 1 saturated heterocycles. The van der Waals surface area contributed by atoms with Crippen LogP contribution in [0, 0.1) is 11.3 Å². The van der Waals surface area contributed by atoms with Gasteiger partial charge in [0.15, 0.2) is 0 Å². The third-order valence-corrected chi connectivity index (χ3v) is 6.59. The predicted octanol–water partition coefficient (Wildman–Crippen LogP) is 6.81. The highest BCUT2D eigenvalue weighted by Crippen LogP contribution is 2.26. The van der Waals surface area contributed by atoms with Crippen LogP contribution in [0.3, 0.4) is 0 Å².